The van der Waals surface area contributed by atoms with Crippen molar-refractivity contribution in [2.45, 2.75) is 57.1 Å². The summed E-state index contributed by atoms with van der Waals surface area (Å²) < 4.78 is 5.59. The molecular formula is C24H29ClN2O2. The highest BCUT2D eigenvalue weighted by Crippen LogP contribution is 2.49. The van der Waals surface area contributed by atoms with Crippen molar-refractivity contribution >= 4 is 23.4 Å². The molecule has 2 aliphatic rings. The summed E-state index contributed by atoms with van der Waals surface area (Å²) in [5.41, 5.74) is 3.26. The molecule has 1 amide bonds. The molecule has 1 N–H and O–H groups in total. The second-order valence-corrected chi connectivity index (χ2v) is 9.64. The molecule has 0 radical (unpaired) electrons. The number of benzene rings is 2. The number of hydrogen-bond acceptors (Lipinski definition) is 3. The van der Waals surface area contributed by atoms with Gasteiger partial charge in [0.2, 0.25) is 0 Å². The number of ether oxygens (including phenoxy) is 1. The van der Waals surface area contributed by atoms with Crippen molar-refractivity contribution in [1.29, 1.82) is 0 Å². The Hall–Kier alpha value is -2.20. The van der Waals surface area contributed by atoms with E-state index in [0.29, 0.717) is 13.1 Å². The summed E-state index contributed by atoms with van der Waals surface area (Å²) in [4.78, 5) is 14.4. The summed E-state index contributed by atoms with van der Waals surface area (Å²) in [6.07, 6.45) is 2.51. The number of nitrogens with one attached hydrogen (secondary N) is 1. The van der Waals surface area contributed by atoms with E-state index in [1.54, 1.807) is 0 Å². The predicted molar refractivity (Wildman–Crippen MR) is 118 cm³/mol. The quantitative estimate of drug-likeness (QED) is 0.693. The largest absolute Gasteiger partial charge is 0.444 e. The number of nitrogens with zero attached hydrogens (tertiary/aromatic N) is 1. The molecule has 2 heterocycles. The maximum Gasteiger partial charge on any atom is 0.410 e. The Kier molecular flexibility index (Phi) is 5.24. The molecule has 0 bridgehead atoms. The van der Waals surface area contributed by atoms with Crippen LogP contribution in [0, 0.1) is 0 Å². The number of amides is 1. The summed E-state index contributed by atoms with van der Waals surface area (Å²) >= 11 is 6.37. The van der Waals surface area contributed by atoms with E-state index in [4.69, 9.17) is 16.3 Å². The Bertz CT molecular complexity index is 883. The molecule has 2 aliphatic heterocycles. The average molecular weight is 413 g/mol. The van der Waals surface area contributed by atoms with Gasteiger partial charge in [-0.1, -0.05) is 41.9 Å². The number of halogens is 1. The molecular weight excluding hydrogens is 384 g/mol. The fourth-order valence-electron chi connectivity index (χ4n) is 4.70. The Morgan fingerprint density at radius 3 is 2.52 bits per heavy atom. The number of carbonyl (C=O) groups excluding carboxylic acids is 1. The topological polar surface area (TPSA) is 41.6 Å². The third-order valence-corrected chi connectivity index (χ3v) is 6.34. The van der Waals surface area contributed by atoms with Gasteiger partial charge in [0.25, 0.3) is 0 Å². The van der Waals surface area contributed by atoms with Gasteiger partial charge < -0.3 is 15.0 Å². The van der Waals surface area contributed by atoms with Crippen molar-refractivity contribution in [3.63, 3.8) is 0 Å². The van der Waals surface area contributed by atoms with Gasteiger partial charge in [0.1, 0.15) is 5.60 Å². The SMILES string of the molecule is CC(C)(C)OC(=O)N1CCC2(CC1)c1cc(Cl)ccc1NC2Cc1ccccc1. The lowest BCUT2D eigenvalue weighted by Gasteiger charge is -2.43. The zero-order valence-electron chi connectivity index (χ0n) is 17.4. The number of fused-ring (bicyclic) bond motifs is 2. The van der Waals surface area contributed by atoms with Crippen molar-refractivity contribution in [2.75, 3.05) is 18.4 Å². The smallest absolute Gasteiger partial charge is 0.410 e. The normalized spacial score (nSPS) is 20.3. The fourth-order valence-corrected chi connectivity index (χ4v) is 4.87. The molecule has 1 unspecified atom stereocenters. The van der Waals surface area contributed by atoms with Gasteiger partial charge >= 0.3 is 6.09 Å². The molecule has 1 saturated heterocycles. The van der Waals surface area contributed by atoms with Gasteiger partial charge in [-0.05, 0) is 69.4 Å². The zero-order chi connectivity index (χ0) is 20.6. The maximum atomic E-state index is 12.6. The van der Waals surface area contributed by atoms with E-state index >= 15 is 0 Å². The lowest BCUT2D eigenvalue weighted by molar-refractivity contribution is 0.0157. The fraction of sp³-hybridized carbons (Fsp3) is 0.458. The summed E-state index contributed by atoms with van der Waals surface area (Å²) in [7, 11) is 0. The molecule has 4 rings (SSSR count). The van der Waals surface area contributed by atoms with Crippen molar-refractivity contribution in [3.8, 4) is 0 Å². The molecule has 0 aliphatic carbocycles. The predicted octanol–water partition coefficient (Wildman–Crippen LogP) is 5.65. The zero-order valence-corrected chi connectivity index (χ0v) is 18.1. The first-order valence-electron chi connectivity index (χ1n) is 10.4. The number of piperidine rings is 1. The van der Waals surface area contributed by atoms with Gasteiger partial charge in [-0.25, -0.2) is 4.79 Å². The van der Waals surface area contributed by atoms with Gasteiger partial charge in [-0.15, -0.1) is 0 Å². The van der Waals surface area contributed by atoms with Gasteiger partial charge in [0.15, 0.2) is 0 Å². The second kappa shape index (κ2) is 7.56. The molecule has 4 nitrogen and oxygen atoms in total. The van der Waals surface area contributed by atoms with Crippen molar-refractivity contribution in [2.24, 2.45) is 0 Å². The lowest BCUT2D eigenvalue weighted by atomic mass is 9.68. The number of likely N-dealkylation sites (tertiary alicyclic amines) is 1. The summed E-state index contributed by atoms with van der Waals surface area (Å²) in [5, 5.41) is 4.52. The van der Waals surface area contributed by atoms with E-state index in [1.165, 1.54) is 16.8 Å². The first-order valence-corrected chi connectivity index (χ1v) is 10.7. The monoisotopic (exact) mass is 412 g/mol. The molecule has 2 aromatic rings. The van der Waals surface area contributed by atoms with Crippen LogP contribution in [0.25, 0.3) is 0 Å². The third kappa shape index (κ3) is 4.09. The van der Waals surface area contributed by atoms with E-state index in [9.17, 15) is 4.79 Å². The molecule has 1 atom stereocenters. The van der Waals surface area contributed by atoms with E-state index in [0.717, 1.165) is 24.3 Å². The number of carbonyl (C=O) groups is 1. The maximum absolute atomic E-state index is 12.6. The Labute approximate surface area is 178 Å². The van der Waals surface area contributed by atoms with Gasteiger partial charge in [-0.3, -0.25) is 0 Å². The molecule has 1 spiro atoms. The van der Waals surface area contributed by atoms with E-state index < -0.39 is 5.60 Å². The van der Waals surface area contributed by atoms with Crippen LogP contribution in [0.1, 0.15) is 44.7 Å². The minimum Gasteiger partial charge on any atom is -0.444 e. The highest BCUT2D eigenvalue weighted by atomic mass is 35.5. The van der Waals surface area contributed by atoms with Crippen LogP contribution in [0.3, 0.4) is 0 Å². The van der Waals surface area contributed by atoms with Gasteiger partial charge in [0, 0.05) is 35.3 Å². The minimum absolute atomic E-state index is 0.0331. The number of rotatable bonds is 2. The second-order valence-electron chi connectivity index (χ2n) is 9.20. The van der Waals surface area contributed by atoms with Gasteiger partial charge in [0.05, 0.1) is 0 Å². The van der Waals surface area contributed by atoms with Crippen LogP contribution in [0.4, 0.5) is 10.5 Å². The third-order valence-electron chi connectivity index (χ3n) is 6.10. The minimum atomic E-state index is -0.475. The van der Waals surface area contributed by atoms with Crippen LogP contribution < -0.4 is 5.32 Å². The first kappa shape index (κ1) is 20.1. The Balaban J connectivity index is 1.59. The molecule has 0 aromatic heterocycles. The molecule has 154 valence electrons. The molecule has 5 heteroatoms. The number of anilines is 1. The summed E-state index contributed by atoms with van der Waals surface area (Å²) in [6.45, 7) is 7.10. The van der Waals surface area contributed by atoms with Crippen molar-refractivity contribution in [1.82, 2.24) is 4.90 Å². The highest BCUT2D eigenvalue weighted by molar-refractivity contribution is 6.30. The highest BCUT2D eigenvalue weighted by Gasteiger charge is 2.49. The van der Waals surface area contributed by atoms with E-state index in [-0.39, 0.29) is 17.6 Å². The standard InChI is InChI=1S/C24H29ClN2O2/c1-23(2,3)29-22(28)27-13-11-24(12-14-27)19-16-18(25)9-10-20(19)26-21(24)15-17-7-5-4-6-8-17/h4-10,16,21,26H,11-15H2,1-3H3. The molecule has 29 heavy (non-hydrogen) atoms. The van der Waals surface area contributed by atoms with Crippen LogP contribution in [0.5, 0.6) is 0 Å². The van der Waals surface area contributed by atoms with E-state index in [2.05, 4.69) is 47.8 Å². The summed E-state index contributed by atoms with van der Waals surface area (Å²) in [6, 6.07) is 17.0. The number of hydrogen-bond donors (Lipinski definition) is 1. The summed E-state index contributed by atoms with van der Waals surface area (Å²) in [5.74, 6) is 0. The molecule has 2 aromatic carbocycles. The van der Waals surface area contributed by atoms with Crippen molar-refractivity contribution in [3.05, 3.63) is 64.7 Å². The van der Waals surface area contributed by atoms with E-state index in [1.807, 2.05) is 31.7 Å². The van der Waals surface area contributed by atoms with Crippen LogP contribution in [-0.4, -0.2) is 35.7 Å². The van der Waals surface area contributed by atoms with Crippen LogP contribution in [0.15, 0.2) is 48.5 Å². The molecule has 0 saturated carbocycles. The van der Waals surface area contributed by atoms with Crippen molar-refractivity contribution < 1.29 is 9.53 Å². The molecule has 1 fully saturated rings. The van der Waals surface area contributed by atoms with Crippen LogP contribution in [0.2, 0.25) is 5.02 Å². The lowest BCUT2D eigenvalue weighted by Crippen LogP contribution is -2.51. The first-order chi connectivity index (χ1) is 13.8. The van der Waals surface area contributed by atoms with Gasteiger partial charge in [-0.2, -0.15) is 0 Å². The average Bonchev–Trinajstić information content (AvgIpc) is 2.94. The Morgan fingerprint density at radius 2 is 1.86 bits per heavy atom. The Morgan fingerprint density at radius 1 is 1.17 bits per heavy atom. The van der Waals surface area contributed by atoms with Crippen LogP contribution in [-0.2, 0) is 16.6 Å². The van der Waals surface area contributed by atoms with Crippen LogP contribution >= 0.6 is 11.6 Å².